The Morgan fingerprint density at radius 3 is 3.08 bits per heavy atom. The van der Waals surface area contributed by atoms with Crippen LogP contribution in [0.4, 0.5) is 0 Å². The quantitative estimate of drug-likeness (QED) is 0.720. The van der Waals surface area contributed by atoms with E-state index >= 15 is 0 Å². The van der Waals surface area contributed by atoms with Gasteiger partial charge in [0.05, 0.1) is 0 Å². The van der Waals surface area contributed by atoms with Crippen LogP contribution in [0.3, 0.4) is 0 Å². The molecule has 0 bridgehead atoms. The van der Waals surface area contributed by atoms with Gasteiger partial charge in [-0.2, -0.15) is 0 Å². The largest absolute Gasteiger partial charge is 0.431 e. The molecule has 4 heteroatoms. The number of hydrogen-bond donors (Lipinski definition) is 0. The molecule has 0 fully saturated rings. The van der Waals surface area contributed by atoms with Crippen molar-refractivity contribution in [3.05, 3.63) is 23.0 Å². The summed E-state index contributed by atoms with van der Waals surface area (Å²) < 4.78 is 5.30. The fourth-order valence-electron chi connectivity index (χ4n) is 1.06. The summed E-state index contributed by atoms with van der Waals surface area (Å²) in [5.41, 5.74) is 1.76. The van der Waals surface area contributed by atoms with Crippen LogP contribution in [-0.4, -0.2) is 11.2 Å². The Balaban J connectivity index is 2.78. The molecule has 1 aromatic carbocycles. The molecule has 0 saturated carbocycles. The third-order valence-electron chi connectivity index (χ3n) is 1.58. The van der Waals surface area contributed by atoms with Crippen LogP contribution in [0.1, 0.15) is 0 Å². The number of fused-ring (bicyclic) bond motifs is 1. The highest BCUT2D eigenvalue weighted by atomic mass is 79.9. The van der Waals surface area contributed by atoms with Crippen molar-refractivity contribution in [3.63, 3.8) is 0 Å². The number of thioether (sulfide) groups is 1. The average Bonchev–Trinajstić information content (AvgIpc) is 2.44. The van der Waals surface area contributed by atoms with Crippen LogP contribution >= 0.6 is 27.7 Å². The van der Waals surface area contributed by atoms with Gasteiger partial charge in [-0.05, 0) is 18.4 Å². The summed E-state index contributed by atoms with van der Waals surface area (Å²) in [6.07, 6.45) is 2.03. The smallest absolute Gasteiger partial charge is 0.265 e. The van der Waals surface area contributed by atoms with E-state index < -0.39 is 0 Å². The van der Waals surface area contributed by atoms with E-state index in [1.807, 2.05) is 24.5 Å². The minimum Gasteiger partial charge on any atom is -0.431 e. The zero-order valence-corrected chi connectivity index (χ0v) is 8.78. The molecule has 0 radical (unpaired) electrons. The molecule has 1 aromatic heterocycles. The van der Waals surface area contributed by atoms with Gasteiger partial charge in [0.25, 0.3) is 4.80 Å². The maximum atomic E-state index is 5.30. The zero-order chi connectivity index (χ0) is 8.55. The predicted octanol–water partition coefficient (Wildman–Crippen LogP) is 3.31. The molecule has 62 valence electrons. The number of benzene rings is 1. The maximum absolute atomic E-state index is 5.30. The Hall–Kier alpha value is -0.480. The molecular formula is C8H6BrNOS. The number of rotatable bonds is 1. The SMILES string of the molecule is CSc1cccc2oc(Br)nc12. The molecule has 0 unspecified atom stereocenters. The lowest BCUT2D eigenvalue weighted by Gasteiger charge is -1.93. The Kier molecular flexibility index (Phi) is 2.11. The van der Waals surface area contributed by atoms with Crippen molar-refractivity contribution in [1.29, 1.82) is 0 Å². The van der Waals surface area contributed by atoms with Crippen LogP contribution in [-0.2, 0) is 0 Å². The van der Waals surface area contributed by atoms with Gasteiger partial charge in [0.1, 0.15) is 5.52 Å². The molecular weight excluding hydrogens is 238 g/mol. The van der Waals surface area contributed by atoms with Gasteiger partial charge < -0.3 is 4.42 Å². The van der Waals surface area contributed by atoms with E-state index in [-0.39, 0.29) is 0 Å². The van der Waals surface area contributed by atoms with Gasteiger partial charge in [-0.3, -0.25) is 0 Å². The molecule has 0 aliphatic carbocycles. The van der Waals surface area contributed by atoms with Gasteiger partial charge in [-0.25, -0.2) is 4.98 Å². The zero-order valence-electron chi connectivity index (χ0n) is 6.37. The Morgan fingerprint density at radius 2 is 2.33 bits per heavy atom. The molecule has 0 amide bonds. The molecule has 0 atom stereocenters. The molecule has 1 heterocycles. The number of halogens is 1. The molecule has 0 aliphatic rings. The van der Waals surface area contributed by atoms with Crippen molar-refractivity contribution in [3.8, 4) is 0 Å². The second-order valence-corrected chi connectivity index (χ2v) is 3.80. The first-order chi connectivity index (χ1) is 5.81. The lowest BCUT2D eigenvalue weighted by atomic mass is 10.3. The first-order valence-electron chi connectivity index (χ1n) is 3.40. The third-order valence-corrected chi connectivity index (χ3v) is 2.68. The summed E-state index contributed by atoms with van der Waals surface area (Å²) in [5, 5.41) is 0. The van der Waals surface area contributed by atoms with Crippen molar-refractivity contribution in [2.45, 2.75) is 4.90 Å². The molecule has 2 aromatic rings. The number of para-hydroxylation sites is 1. The number of nitrogens with zero attached hydrogens (tertiary/aromatic N) is 1. The molecule has 0 spiro atoms. The van der Waals surface area contributed by atoms with Crippen molar-refractivity contribution < 1.29 is 4.42 Å². The van der Waals surface area contributed by atoms with Gasteiger partial charge in [-0.15, -0.1) is 11.8 Å². The van der Waals surface area contributed by atoms with E-state index in [0.29, 0.717) is 4.80 Å². The van der Waals surface area contributed by atoms with E-state index in [0.717, 1.165) is 16.0 Å². The Labute approximate surface area is 82.5 Å². The monoisotopic (exact) mass is 243 g/mol. The minimum atomic E-state index is 0.541. The fourth-order valence-corrected chi connectivity index (χ4v) is 1.97. The van der Waals surface area contributed by atoms with Gasteiger partial charge in [0, 0.05) is 20.8 Å². The van der Waals surface area contributed by atoms with E-state index in [2.05, 4.69) is 20.9 Å². The first kappa shape index (κ1) is 8.13. The van der Waals surface area contributed by atoms with Crippen LogP contribution in [0, 0.1) is 0 Å². The molecule has 2 rings (SSSR count). The van der Waals surface area contributed by atoms with E-state index in [1.54, 1.807) is 11.8 Å². The van der Waals surface area contributed by atoms with Crippen molar-refractivity contribution >= 4 is 38.8 Å². The molecule has 12 heavy (non-hydrogen) atoms. The number of aromatic nitrogens is 1. The van der Waals surface area contributed by atoms with Gasteiger partial charge in [0.2, 0.25) is 0 Å². The first-order valence-corrected chi connectivity index (χ1v) is 5.42. The molecule has 0 N–H and O–H groups in total. The highest BCUT2D eigenvalue weighted by molar-refractivity contribution is 9.10. The Morgan fingerprint density at radius 1 is 1.50 bits per heavy atom. The van der Waals surface area contributed by atoms with E-state index in [4.69, 9.17) is 4.42 Å². The highest BCUT2D eigenvalue weighted by Crippen LogP contribution is 2.27. The van der Waals surface area contributed by atoms with Crippen molar-refractivity contribution in [2.24, 2.45) is 0 Å². The lowest BCUT2D eigenvalue weighted by molar-refractivity contribution is 0.570. The number of hydrogen-bond acceptors (Lipinski definition) is 3. The summed E-state index contributed by atoms with van der Waals surface area (Å²) in [5.74, 6) is 0. The molecule has 2 nitrogen and oxygen atoms in total. The Bertz CT molecular complexity index is 412. The van der Waals surface area contributed by atoms with Crippen LogP contribution in [0.5, 0.6) is 0 Å². The summed E-state index contributed by atoms with van der Waals surface area (Å²) in [7, 11) is 0. The van der Waals surface area contributed by atoms with E-state index in [9.17, 15) is 0 Å². The van der Waals surface area contributed by atoms with Crippen LogP contribution < -0.4 is 0 Å². The van der Waals surface area contributed by atoms with Crippen LogP contribution in [0.15, 0.2) is 32.3 Å². The fraction of sp³-hybridized carbons (Fsp3) is 0.125. The summed E-state index contributed by atoms with van der Waals surface area (Å²) in [6.45, 7) is 0. The third kappa shape index (κ3) is 1.25. The lowest BCUT2D eigenvalue weighted by Crippen LogP contribution is -1.72. The standard InChI is InChI=1S/C8H6BrNOS/c1-12-6-4-2-3-5-7(6)10-8(9)11-5/h2-4H,1H3. The van der Waals surface area contributed by atoms with Gasteiger partial charge in [0.15, 0.2) is 5.58 Å². The molecule has 0 saturated heterocycles. The minimum absolute atomic E-state index is 0.541. The summed E-state index contributed by atoms with van der Waals surface area (Å²) >= 11 is 4.87. The predicted molar refractivity (Wildman–Crippen MR) is 53.5 cm³/mol. The van der Waals surface area contributed by atoms with Gasteiger partial charge >= 0.3 is 0 Å². The summed E-state index contributed by atoms with van der Waals surface area (Å²) in [4.78, 5) is 5.89. The van der Waals surface area contributed by atoms with Crippen LogP contribution in [0.25, 0.3) is 11.1 Å². The maximum Gasteiger partial charge on any atom is 0.265 e. The van der Waals surface area contributed by atoms with E-state index in [1.165, 1.54) is 0 Å². The second-order valence-electron chi connectivity index (χ2n) is 2.27. The second kappa shape index (κ2) is 3.11. The highest BCUT2D eigenvalue weighted by Gasteiger charge is 2.05. The normalized spacial score (nSPS) is 10.8. The molecule has 0 aliphatic heterocycles. The average molecular weight is 244 g/mol. The van der Waals surface area contributed by atoms with Crippen molar-refractivity contribution in [2.75, 3.05) is 6.26 Å². The van der Waals surface area contributed by atoms with Crippen molar-refractivity contribution in [1.82, 2.24) is 4.98 Å². The van der Waals surface area contributed by atoms with Gasteiger partial charge in [-0.1, -0.05) is 6.07 Å². The number of oxazole rings is 1. The topological polar surface area (TPSA) is 26.0 Å². The van der Waals surface area contributed by atoms with Crippen LogP contribution in [0.2, 0.25) is 0 Å². The summed E-state index contributed by atoms with van der Waals surface area (Å²) in [6, 6.07) is 5.90.